The van der Waals surface area contributed by atoms with Crippen LogP contribution >= 0.6 is 0 Å². The van der Waals surface area contributed by atoms with E-state index in [-0.39, 0.29) is 50.2 Å². The lowest BCUT2D eigenvalue weighted by Gasteiger charge is -2.18. The summed E-state index contributed by atoms with van der Waals surface area (Å²) in [5.41, 5.74) is 2.22. The van der Waals surface area contributed by atoms with Crippen LogP contribution in [0.2, 0.25) is 0 Å². The highest BCUT2D eigenvalue weighted by Crippen LogP contribution is 2.41. The van der Waals surface area contributed by atoms with Gasteiger partial charge in [0, 0.05) is 24.0 Å². The molecule has 36 heavy (non-hydrogen) atoms. The van der Waals surface area contributed by atoms with Crippen molar-refractivity contribution in [3.63, 3.8) is 0 Å². The number of alkyl halides is 3. The highest BCUT2D eigenvalue weighted by Gasteiger charge is 2.35. The summed E-state index contributed by atoms with van der Waals surface area (Å²) in [4.78, 5) is 34.9. The van der Waals surface area contributed by atoms with Crippen molar-refractivity contribution in [2.45, 2.75) is 20.0 Å². The van der Waals surface area contributed by atoms with Crippen LogP contribution < -0.4 is 15.9 Å². The van der Waals surface area contributed by atoms with Gasteiger partial charge in [-0.15, -0.1) is 0 Å². The summed E-state index contributed by atoms with van der Waals surface area (Å²) in [7, 11) is 0. The first-order valence-corrected chi connectivity index (χ1v) is 9.91. The molecule has 3 aromatic heterocycles. The number of pyridine rings is 3. The van der Waals surface area contributed by atoms with Crippen LogP contribution in [0.5, 0.6) is 11.6 Å². The van der Waals surface area contributed by atoms with Gasteiger partial charge in [0.1, 0.15) is 11.4 Å². The molecule has 8 nitrogen and oxygen atoms in total. The fraction of sp³-hybridized carbons (Fsp3) is 0.130. The van der Waals surface area contributed by atoms with Crippen LogP contribution in [0.4, 0.5) is 22.0 Å². The van der Waals surface area contributed by atoms with Crippen molar-refractivity contribution < 1.29 is 37.0 Å². The molecule has 0 unspecified atom stereocenters. The molecule has 0 fully saturated rings. The van der Waals surface area contributed by atoms with Crippen molar-refractivity contribution >= 4 is 16.8 Å². The zero-order valence-corrected chi connectivity index (χ0v) is 18.6. The van der Waals surface area contributed by atoms with Gasteiger partial charge in [0.15, 0.2) is 17.1 Å². The maximum absolute atomic E-state index is 14.0. The Balaban J connectivity index is 0.00000361. The largest absolute Gasteiger partial charge is 0.438 e. The van der Waals surface area contributed by atoms with Crippen LogP contribution in [-0.2, 0) is 6.18 Å². The zero-order valence-electron chi connectivity index (χ0n) is 18.6. The van der Waals surface area contributed by atoms with Crippen molar-refractivity contribution in [2.24, 2.45) is 5.73 Å². The zero-order chi connectivity index (χ0) is 25.7. The molecule has 1 aromatic carbocycles. The van der Waals surface area contributed by atoms with Crippen molar-refractivity contribution in [1.82, 2.24) is 15.0 Å². The lowest BCUT2D eigenvalue weighted by molar-refractivity contribution is -0.138. The average Bonchev–Trinajstić information content (AvgIpc) is 2.78. The Hall–Kier alpha value is -4.39. The van der Waals surface area contributed by atoms with Crippen molar-refractivity contribution in [3.05, 3.63) is 80.9 Å². The molecule has 188 valence electrons. The lowest BCUT2D eigenvalue weighted by Crippen LogP contribution is -2.18. The van der Waals surface area contributed by atoms with Gasteiger partial charge in [-0.05, 0) is 37.6 Å². The number of aromatic nitrogens is 3. The molecule has 0 radical (unpaired) electrons. The molecular weight excluding hydrogens is 491 g/mol. The number of rotatable bonds is 4. The number of hydrogen-bond donors (Lipinski definition) is 2. The Bertz CT molecular complexity index is 1570. The van der Waals surface area contributed by atoms with Crippen molar-refractivity contribution in [3.8, 4) is 22.9 Å². The Kier molecular flexibility index (Phi) is 6.80. The summed E-state index contributed by atoms with van der Waals surface area (Å²) in [5.74, 6) is -3.89. The van der Waals surface area contributed by atoms with Gasteiger partial charge in [-0.25, -0.2) is 13.8 Å². The second kappa shape index (κ2) is 9.34. The van der Waals surface area contributed by atoms with Gasteiger partial charge in [0.25, 0.3) is 5.91 Å². The van der Waals surface area contributed by atoms with Crippen LogP contribution in [0, 0.1) is 25.5 Å². The maximum atomic E-state index is 14.0. The molecule has 0 spiro atoms. The van der Waals surface area contributed by atoms with E-state index < -0.39 is 40.6 Å². The van der Waals surface area contributed by atoms with Gasteiger partial charge in [0.05, 0.1) is 27.7 Å². The first-order valence-electron chi connectivity index (χ1n) is 9.91. The number of amides is 1. The Labute approximate surface area is 198 Å². The van der Waals surface area contributed by atoms with E-state index in [0.29, 0.717) is 6.20 Å². The number of primary amides is 1. The Morgan fingerprint density at radius 1 is 1.08 bits per heavy atom. The number of ether oxygens (including phenoxy) is 1. The Morgan fingerprint density at radius 2 is 1.78 bits per heavy atom. The number of benzene rings is 1. The first-order chi connectivity index (χ1) is 16.4. The molecule has 13 heteroatoms. The molecule has 4 rings (SSSR count). The van der Waals surface area contributed by atoms with Gasteiger partial charge in [-0.2, -0.15) is 13.2 Å². The minimum atomic E-state index is -4.79. The molecule has 0 aliphatic carbocycles. The summed E-state index contributed by atoms with van der Waals surface area (Å²) in [6, 6.07) is 4.18. The fourth-order valence-electron chi connectivity index (χ4n) is 3.63. The van der Waals surface area contributed by atoms with Gasteiger partial charge in [-0.3, -0.25) is 14.6 Å². The number of nitrogens with one attached hydrogen (secondary N) is 1. The molecule has 0 saturated carbocycles. The molecule has 0 aliphatic rings. The van der Waals surface area contributed by atoms with Crippen molar-refractivity contribution in [2.75, 3.05) is 0 Å². The third-order valence-electron chi connectivity index (χ3n) is 5.35. The van der Waals surface area contributed by atoms with E-state index >= 15 is 0 Å². The monoisotopic (exact) mass is 508 g/mol. The predicted octanol–water partition coefficient (Wildman–Crippen LogP) is 3.97. The molecule has 0 atom stereocenters. The number of nitrogens with two attached hydrogens (primary N) is 1. The highest BCUT2D eigenvalue weighted by atomic mass is 19.4. The van der Waals surface area contributed by atoms with Gasteiger partial charge in [0.2, 0.25) is 5.88 Å². The van der Waals surface area contributed by atoms with E-state index in [4.69, 9.17) is 10.5 Å². The van der Waals surface area contributed by atoms with E-state index in [1.165, 1.54) is 19.2 Å². The summed E-state index contributed by atoms with van der Waals surface area (Å²) in [6.45, 7) is 2.37. The second-order valence-corrected chi connectivity index (χ2v) is 7.55. The van der Waals surface area contributed by atoms with E-state index in [1.807, 2.05) is 0 Å². The number of carbonyl (C=O) groups is 1. The smallest absolute Gasteiger partial charge is 0.418 e. The number of fused-ring (bicyclic) bond motifs is 1. The van der Waals surface area contributed by atoms with E-state index in [0.717, 1.165) is 25.1 Å². The molecular formula is C23H17F5N4O4. The van der Waals surface area contributed by atoms with Crippen LogP contribution in [0.3, 0.4) is 0 Å². The minimum absolute atomic E-state index is 0. The topological polar surface area (TPSA) is 142 Å². The number of halogens is 5. The average molecular weight is 508 g/mol. The number of nitrogens with zero attached hydrogens (tertiary/aromatic N) is 2. The lowest BCUT2D eigenvalue weighted by atomic mass is 10.0. The quantitative estimate of drug-likeness (QED) is 0.401. The van der Waals surface area contributed by atoms with E-state index in [9.17, 15) is 31.5 Å². The summed E-state index contributed by atoms with van der Waals surface area (Å²) < 4.78 is 74.1. The molecule has 0 bridgehead atoms. The Morgan fingerprint density at radius 3 is 2.42 bits per heavy atom. The molecule has 0 aliphatic heterocycles. The normalized spacial score (nSPS) is 11.3. The highest BCUT2D eigenvalue weighted by molar-refractivity contribution is 6.03. The first kappa shape index (κ1) is 26.2. The minimum Gasteiger partial charge on any atom is -0.438 e. The predicted molar refractivity (Wildman–Crippen MR) is 119 cm³/mol. The standard InChI is InChI=1S/C23H15F5N4O3.H2O/c1-9-11(23(26,27)28)8-31-22(35-16-4-3-12(24)19(25)10(16)2)17(9)14-7-15(33)18-13(32-14)5-6-30-20(18)21(29)34;/h3-8H,1-2H3,(H2,29,34)(H,32,33);1H2. The van der Waals surface area contributed by atoms with Gasteiger partial charge in [-0.1, -0.05) is 0 Å². The summed E-state index contributed by atoms with van der Waals surface area (Å²) in [5, 5.41) is -0.153. The van der Waals surface area contributed by atoms with E-state index in [2.05, 4.69) is 15.0 Å². The molecule has 1 amide bonds. The maximum Gasteiger partial charge on any atom is 0.418 e. The molecule has 5 N–H and O–H groups in total. The SMILES string of the molecule is Cc1c(Oc2ncc(C(F)(F)F)c(C)c2-c2cc(=O)c3c(C(N)=O)nccc3[nH]2)ccc(F)c1F.O. The number of carbonyl (C=O) groups excluding carboxylic acids is 1. The van der Waals surface area contributed by atoms with Gasteiger partial charge < -0.3 is 20.9 Å². The van der Waals surface area contributed by atoms with Crippen LogP contribution in [0.25, 0.3) is 22.2 Å². The molecule has 4 aromatic rings. The number of H-pyrrole nitrogens is 1. The third-order valence-corrected chi connectivity index (χ3v) is 5.35. The van der Waals surface area contributed by atoms with Crippen molar-refractivity contribution in [1.29, 1.82) is 0 Å². The summed E-state index contributed by atoms with van der Waals surface area (Å²) in [6.07, 6.45) is -3.05. The fourth-order valence-corrected chi connectivity index (χ4v) is 3.63. The summed E-state index contributed by atoms with van der Waals surface area (Å²) >= 11 is 0. The third kappa shape index (κ3) is 4.47. The van der Waals surface area contributed by atoms with Crippen LogP contribution in [-0.4, -0.2) is 26.3 Å². The van der Waals surface area contributed by atoms with Crippen LogP contribution in [0.15, 0.2) is 41.5 Å². The number of hydrogen-bond acceptors (Lipinski definition) is 5. The van der Waals surface area contributed by atoms with Gasteiger partial charge >= 0.3 is 6.18 Å². The molecule has 0 saturated heterocycles. The second-order valence-electron chi connectivity index (χ2n) is 7.55. The van der Waals surface area contributed by atoms with E-state index in [1.54, 1.807) is 0 Å². The number of aromatic amines is 1. The molecule has 3 heterocycles. The van der Waals surface area contributed by atoms with Crippen LogP contribution in [0.1, 0.15) is 27.2 Å².